The van der Waals surface area contributed by atoms with Crippen LogP contribution in [0.1, 0.15) is 46.0 Å². The van der Waals surface area contributed by atoms with E-state index in [2.05, 4.69) is 19.2 Å². The maximum atomic E-state index is 5.97. The highest BCUT2D eigenvalue weighted by Gasteiger charge is 2.26. The molecule has 1 aliphatic heterocycles. The van der Waals surface area contributed by atoms with Gasteiger partial charge in [-0.25, -0.2) is 0 Å². The molecule has 15 heavy (non-hydrogen) atoms. The van der Waals surface area contributed by atoms with Crippen molar-refractivity contribution in [3.05, 3.63) is 0 Å². The lowest BCUT2D eigenvalue weighted by molar-refractivity contribution is 0.0284. The van der Waals surface area contributed by atoms with E-state index in [4.69, 9.17) is 10.5 Å². The third-order valence-electron chi connectivity index (χ3n) is 3.16. The van der Waals surface area contributed by atoms with Crippen molar-refractivity contribution in [2.24, 2.45) is 5.73 Å². The van der Waals surface area contributed by atoms with E-state index in [0.29, 0.717) is 6.04 Å². The predicted octanol–water partition coefficient (Wildman–Crippen LogP) is 1.66. The van der Waals surface area contributed by atoms with Gasteiger partial charge in [0.2, 0.25) is 0 Å². The number of ether oxygens (including phenoxy) is 1. The molecular weight excluding hydrogens is 188 g/mol. The average Bonchev–Trinajstić information content (AvgIpc) is 2.19. The van der Waals surface area contributed by atoms with Crippen LogP contribution in [-0.2, 0) is 4.74 Å². The van der Waals surface area contributed by atoms with E-state index in [9.17, 15) is 0 Å². The second-order valence-corrected chi connectivity index (χ2v) is 4.98. The standard InChI is InChI=1S/C12H26N2O/c1-3-5-11(13)6-8-14-12(2)7-4-9-15-10-12/h11,14H,3-10,13H2,1-2H3. The Hall–Kier alpha value is -0.120. The summed E-state index contributed by atoms with van der Waals surface area (Å²) in [5.41, 5.74) is 6.16. The third kappa shape index (κ3) is 4.96. The zero-order valence-electron chi connectivity index (χ0n) is 10.2. The molecule has 1 fully saturated rings. The number of rotatable bonds is 6. The Labute approximate surface area is 93.8 Å². The molecule has 1 rings (SSSR count). The van der Waals surface area contributed by atoms with Crippen LogP contribution in [0.2, 0.25) is 0 Å². The minimum atomic E-state index is 0.185. The van der Waals surface area contributed by atoms with E-state index in [1.165, 1.54) is 19.3 Å². The Morgan fingerprint density at radius 2 is 2.27 bits per heavy atom. The summed E-state index contributed by atoms with van der Waals surface area (Å²) in [7, 11) is 0. The quantitative estimate of drug-likeness (QED) is 0.707. The first-order chi connectivity index (χ1) is 7.16. The molecule has 1 saturated heterocycles. The van der Waals surface area contributed by atoms with Gasteiger partial charge in [-0.1, -0.05) is 13.3 Å². The molecule has 2 unspecified atom stereocenters. The lowest BCUT2D eigenvalue weighted by atomic mass is 9.94. The zero-order valence-corrected chi connectivity index (χ0v) is 10.2. The van der Waals surface area contributed by atoms with Crippen molar-refractivity contribution < 1.29 is 4.74 Å². The molecule has 90 valence electrons. The zero-order chi connectivity index (χ0) is 11.1. The van der Waals surface area contributed by atoms with E-state index in [1.807, 2.05) is 0 Å². The second-order valence-electron chi connectivity index (χ2n) is 4.98. The van der Waals surface area contributed by atoms with Gasteiger partial charge in [0.25, 0.3) is 0 Å². The molecule has 0 radical (unpaired) electrons. The minimum absolute atomic E-state index is 0.185. The summed E-state index contributed by atoms with van der Waals surface area (Å²) in [4.78, 5) is 0. The average molecular weight is 214 g/mol. The van der Waals surface area contributed by atoms with Crippen molar-refractivity contribution in [1.82, 2.24) is 5.32 Å². The Balaban J connectivity index is 2.12. The normalized spacial score (nSPS) is 29.0. The fraction of sp³-hybridized carbons (Fsp3) is 1.00. The van der Waals surface area contributed by atoms with Crippen molar-refractivity contribution >= 4 is 0 Å². The molecule has 3 nitrogen and oxygen atoms in total. The van der Waals surface area contributed by atoms with Crippen LogP contribution < -0.4 is 11.1 Å². The Bertz CT molecular complexity index is 167. The molecule has 0 saturated carbocycles. The molecule has 0 aromatic heterocycles. The van der Waals surface area contributed by atoms with Crippen LogP contribution in [0.3, 0.4) is 0 Å². The number of hydrogen-bond acceptors (Lipinski definition) is 3. The Morgan fingerprint density at radius 1 is 1.47 bits per heavy atom. The smallest absolute Gasteiger partial charge is 0.0645 e. The highest BCUT2D eigenvalue weighted by Crippen LogP contribution is 2.18. The van der Waals surface area contributed by atoms with Crippen molar-refractivity contribution in [1.29, 1.82) is 0 Å². The summed E-state index contributed by atoms with van der Waals surface area (Å²) in [6.07, 6.45) is 5.78. The van der Waals surface area contributed by atoms with Gasteiger partial charge in [-0.15, -0.1) is 0 Å². The van der Waals surface area contributed by atoms with Gasteiger partial charge in [-0.05, 0) is 39.2 Å². The fourth-order valence-electron chi connectivity index (χ4n) is 2.15. The van der Waals surface area contributed by atoms with Crippen molar-refractivity contribution in [2.45, 2.75) is 57.5 Å². The summed E-state index contributed by atoms with van der Waals surface area (Å²) >= 11 is 0. The molecular formula is C12H26N2O. The maximum absolute atomic E-state index is 5.97. The molecule has 0 aromatic rings. The van der Waals surface area contributed by atoms with Crippen LogP contribution in [0.4, 0.5) is 0 Å². The van der Waals surface area contributed by atoms with Gasteiger partial charge in [0.1, 0.15) is 0 Å². The van der Waals surface area contributed by atoms with Crippen molar-refractivity contribution in [2.75, 3.05) is 19.8 Å². The minimum Gasteiger partial charge on any atom is -0.380 e. The van der Waals surface area contributed by atoms with Crippen LogP contribution in [0, 0.1) is 0 Å². The van der Waals surface area contributed by atoms with Crippen LogP contribution in [0.15, 0.2) is 0 Å². The molecule has 3 heteroatoms. The number of nitrogens with one attached hydrogen (secondary N) is 1. The second kappa shape index (κ2) is 6.46. The van der Waals surface area contributed by atoms with Gasteiger partial charge in [0, 0.05) is 18.2 Å². The molecule has 1 aliphatic rings. The lowest BCUT2D eigenvalue weighted by Crippen LogP contribution is -2.49. The van der Waals surface area contributed by atoms with Crippen molar-refractivity contribution in [3.63, 3.8) is 0 Å². The van der Waals surface area contributed by atoms with Gasteiger partial charge in [0.15, 0.2) is 0 Å². The molecule has 3 N–H and O–H groups in total. The Morgan fingerprint density at radius 3 is 2.87 bits per heavy atom. The summed E-state index contributed by atoms with van der Waals surface area (Å²) in [6.45, 7) is 7.21. The van der Waals surface area contributed by atoms with E-state index < -0.39 is 0 Å². The molecule has 0 amide bonds. The molecule has 0 aromatic carbocycles. The van der Waals surface area contributed by atoms with Crippen LogP contribution in [0.5, 0.6) is 0 Å². The molecule has 0 spiro atoms. The van der Waals surface area contributed by atoms with Gasteiger partial charge < -0.3 is 15.8 Å². The molecule has 0 aliphatic carbocycles. The third-order valence-corrected chi connectivity index (χ3v) is 3.16. The molecule has 0 bridgehead atoms. The van der Waals surface area contributed by atoms with E-state index in [0.717, 1.165) is 32.6 Å². The van der Waals surface area contributed by atoms with E-state index >= 15 is 0 Å². The SMILES string of the molecule is CCCC(N)CCNC1(C)CCCOC1. The van der Waals surface area contributed by atoms with Gasteiger partial charge in [0.05, 0.1) is 6.61 Å². The monoisotopic (exact) mass is 214 g/mol. The van der Waals surface area contributed by atoms with E-state index in [-0.39, 0.29) is 5.54 Å². The first-order valence-corrected chi connectivity index (χ1v) is 6.24. The highest BCUT2D eigenvalue weighted by atomic mass is 16.5. The van der Waals surface area contributed by atoms with Crippen molar-refractivity contribution in [3.8, 4) is 0 Å². The predicted molar refractivity (Wildman–Crippen MR) is 64.0 cm³/mol. The fourth-order valence-corrected chi connectivity index (χ4v) is 2.15. The number of hydrogen-bond donors (Lipinski definition) is 2. The lowest BCUT2D eigenvalue weighted by Gasteiger charge is -2.34. The van der Waals surface area contributed by atoms with Gasteiger partial charge in [-0.2, -0.15) is 0 Å². The van der Waals surface area contributed by atoms with Gasteiger partial charge in [-0.3, -0.25) is 0 Å². The van der Waals surface area contributed by atoms with Crippen LogP contribution >= 0.6 is 0 Å². The first kappa shape index (κ1) is 12.9. The van der Waals surface area contributed by atoms with Crippen LogP contribution in [0.25, 0.3) is 0 Å². The first-order valence-electron chi connectivity index (χ1n) is 6.24. The largest absolute Gasteiger partial charge is 0.380 e. The molecule has 2 atom stereocenters. The topological polar surface area (TPSA) is 47.3 Å². The Kier molecular flexibility index (Phi) is 5.58. The van der Waals surface area contributed by atoms with E-state index in [1.54, 1.807) is 0 Å². The maximum Gasteiger partial charge on any atom is 0.0645 e. The number of nitrogens with two attached hydrogens (primary N) is 1. The summed E-state index contributed by atoms with van der Waals surface area (Å²) in [6, 6.07) is 0.357. The summed E-state index contributed by atoms with van der Waals surface area (Å²) in [5, 5.41) is 3.58. The highest BCUT2D eigenvalue weighted by molar-refractivity contribution is 4.85. The van der Waals surface area contributed by atoms with Crippen LogP contribution in [-0.4, -0.2) is 31.3 Å². The van der Waals surface area contributed by atoms with Gasteiger partial charge >= 0.3 is 0 Å². The summed E-state index contributed by atoms with van der Waals surface area (Å²) in [5.74, 6) is 0. The summed E-state index contributed by atoms with van der Waals surface area (Å²) < 4.78 is 5.50. The molecule has 1 heterocycles.